The lowest BCUT2D eigenvalue weighted by Gasteiger charge is -2.18. The maximum atomic E-state index is 12.5. The van der Waals surface area contributed by atoms with E-state index in [1.54, 1.807) is 18.1 Å². The SMILES string of the molecule is CCNc1ccc(N(C)C(=O)c2ccccc2C)cn1. The number of hydrogen-bond acceptors (Lipinski definition) is 3. The number of benzene rings is 1. The Morgan fingerprint density at radius 3 is 2.60 bits per heavy atom. The van der Waals surface area contributed by atoms with Crippen molar-refractivity contribution in [2.75, 3.05) is 23.8 Å². The molecule has 4 nitrogen and oxygen atoms in total. The molecule has 0 unspecified atom stereocenters. The summed E-state index contributed by atoms with van der Waals surface area (Å²) in [4.78, 5) is 18.4. The molecule has 0 atom stereocenters. The minimum absolute atomic E-state index is 0.0268. The van der Waals surface area contributed by atoms with Crippen LogP contribution in [0.25, 0.3) is 0 Å². The van der Waals surface area contributed by atoms with E-state index in [-0.39, 0.29) is 5.91 Å². The zero-order chi connectivity index (χ0) is 14.5. The fraction of sp³-hybridized carbons (Fsp3) is 0.250. The molecule has 1 aromatic carbocycles. The normalized spacial score (nSPS) is 10.2. The highest BCUT2D eigenvalue weighted by Crippen LogP contribution is 2.18. The van der Waals surface area contributed by atoms with E-state index in [4.69, 9.17) is 0 Å². The van der Waals surface area contributed by atoms with Crippen LogP contribution in [0.3, 0.4) is 0 Å². The fourth-order valence-electron chi connectivity index (χ4n) is 1.98. The molecule has 0 saturated heterocycles. The van der Waals surface area contributed by atoms with Crippen molar-refractivity contribution in [1.82, 2.24) is 4.98 Å². The van der Waals surface area contributed by atoms with Crippen molar-refractivity contribution in [3.63, 3.8) is 0 Å². The number of anilines is 2. The third kappa shape index (κ3) is 2.96. The summed E-state index contributed by atoms with van der Waals surface area (Å²) in [7, 11) is 1.76. The number of amides is 1. The van der Waals surface area contributed by atoms with Crippen LogP contribution in [0.5, 0.6) is 0 Å². The molecule has 104 valence electrons. The molecular formula is C16H19N3O. The molecule has 1 aromatic heterocycles. The van der Waals surface area contributed by atoms with Gasteiger partial charge in [-0.3, -0.25) is 4.79 Å². The van der Waals surface area contributed by atoms with Gasteiger partial charge in [-0.15, -0.1) is 0 Å². The minimum atomic E-state index is -0.0268. The molecule has 4 heteroatoms. The summed E-state index contributed by atoms with van der Waals surface area (Å²) in [6.45, 7) is 4.78. The molecule has 20 heavy (non-hydrogen) atoms. The number of nitrogens with one attached hydrogen (secondary N) is 1. The molecule has 0 aliphatic carbocycles. The number of aryl methyl sites for hydroxylation is 1. The van der Waals surface area contributed by atoms with Gasteiger partial charge in [0.25, 0.3) is 5.91 Å². The molecule has 2 rings (SSSR count). The zero-order valence-electron chi connectivity index (χ0n) is 12.1. The number of nitrogens with zero attached hydrogens (tertiary/aromatic N) is 2. The molecule has 1 N–H and O–H groups in total. The van der Waals surface area contributed by atoms with Crippen molar-refractivity contribution in [1.29, 1.82) is 0 Å². The second-order valence-electron chi connectivity index (χ2n) is 4.61. The van der Waals surface area contributed by atoms with Crippen LogP contribution < -0.4 is 10.2 Å². The third-order valence-electron chi connectivity index (χ3n) is 3.17. The molecule has 1 heterocycles. The first-order chi connectivity index (χ1) is 9.63. The molecule has 0 aliphatic heterocycles. The number of rotatable bonds is 4. The Balaban J connectivity index is 2.20. The van der Waals surface area contributed by atoms with Gasteiger partial charge in [0, 0.05) is 19.2 Å². The Morgan fingerprint density at radius 1 is 1.25 bits per heavy atom. The lowest BCUT2D eigenvalue weighted by Crippen LogP contribution is -2.27. The smallest absolute Gasteiger partial charge is 0.258 e. The molecule has 0 saturated carbocycles. The molecule has 0 aliphatic rings. The first kappa shape index (κ1) is 14.1. The standard InChI is InChI=1S/C16H19N3O/c1-4-17-15-10-9-13(11-18-15)19(3)16(20)14-8-6-5-7-12(14)2/h5-11H,4H2,1-3H3,(H,17,18). The topological polar surface area (TPSA) is 45.2 Å². The molecule has 0 bridgehead atoms. The van der Waals surface area contributed by atoms with Crippen LogP contribution in [-0.4, -0.2) is 24.5 Å². The van der Waals surface area contributed by atoms with Crippen molar-refractivity contribution in [3.8, 4) is 0 Å². The highest BCUT2D eigenvalue weighted by molar-refractivity contribution is 6.06. The summed E-state index contributed by atoms with van der Waals surface area (Å²) in [5.41, 5.74) is 2.47. The Hall–Kier alpha value is -2.36. The van der Waals surface area contributed by atoms with Gasteiger partial charge < -0.3 is 10.2 Å². The molecule has 0 radical (unpaired) electrons. The number of pyridine rings is 1. The monoisotopic (exact) mass is 269 g/mol. The largest absolute Gasteiger partial charge is 0.370 e. The molecule has 2 aromatic rings. The van der Waals surface area contributed by atoms with Gasteiger partial charge in [0.05, 0.1) is 11.9 Å². The first-order valence-corrected chi connectivity index (χ1v) is 6.67. The van der Waals surface area contributed by atoms with Gasteiger partial charge in [-0.1, -0.05) is 18.2 Å². The fourth-order valence-corrected chi connectivity index (χ4v) is 1.98. The van der Waals surface area contributed by atoms with Crippen LogP contribution in [0.15, 0.2) is 42.6 Å². The van der Waals surface area contributed by atoms with Crippen LogP contribution >= 0.6 is 0 Å². The maximum absolute atomic E-state index is 12.5. The van der Waals surface area contributed by atoms with Crippen molar-refractivity contribution in [3.05, 3.63) is 53.7 Å². The Labute approximate surface area is 119 Å². The van der Waals surface area contributed by atoms with E-state index in [0.29, 0.717) is 5.56 Å². The van der Waals surface area contributed by atoms with Gasteiger partial charge in [0.2, 0.25) is 0 Å². The van der Waals surface area contributed by atoms with Crippen molar-refractivity contribution >= 4 is 17.4 Å². The van der Waals surface area contributed by atoms with Crippen LogP contribution in [0.2, 0.25) is 0 Å². The molecule has 0 fully saturated rings. The van der Waals surface area contributed by atoms with Gasteiger partial charge >= 0.3 is 0 Å². The first-order valence-electron chi connectivity index (χ1n) is 6.67. The summed E-state index contributed by atoms with van der Waals surface area (Å²) in [5, 5.41) is 3.13. The van der Waals surface area contributed by atoms with E-state index in [1.807, 2.05) is 50.2 Å². The molecule has 1 amide bonds. The molecular weight excluding hydrogens is 250 g/mol. The Morgan fingerprint density at radius 2 is 2.00 bits per heavy atom. The average molecular weight is 269 g/mol. The predicted molar refractivity (Wildman–Crippen MR) is 82.3 cm³/mol. The lowest BCUT2D eigenvalue weighted by molar-refractivity contribution is 0.0992. The second-order valence-corrected chi connectivity index (χ2v) is 4.61. The zero-order valence-corrected chi connectivity index (χ0v) is 12.1. The second kappa shape index (κ2) is 6.19. The lowest BCUT2D eigenvalue weighted by atomic mass is 10.1. The Kier molecular flexibility index (Phi) is 4.35. The minimum Gasteiger partial charge on any atom is -0.370 e. The summed E-state index contributed by atoms with van der Waals surface area (Å²) in [6.07, 6.45) is 1.70. The van der Waals surface area contributed by atoms with E-state index in [1.165, 1.54) is 0 Å². The van der Waals surface area contributed by atoms with E-state index < -0.39 is 0 Å². The third-order valence-corrected chi connectivity index (χ3v) is 3.17. The van der Waals surface area contributed by atoms with Gasteiger partial charge in [-0.25, -0.2) is 4.98 Å². The van der Waals surface area contributed by atoms with Crippen LogP contribution in [0.4, 0.5) is 11.5 Å². The quantitative estimate of drug-likeness (QED) is 0.927. The van der Waals surface area contributed by atoms with Gasteiger partial charge in [0.1, 0.15) is 5.82 Å². The highest BCUT2D eigenvalue weighted by atomic mass is 16.2. The van der Waals surface area contributed by atoms with Gasteiger partial charge in [-0.2, -0.15) is 0 Å². The number of aromatic nitrogens is 1. The van der Waals surface area contributed by atoms with Gasteiger partial charge in [-0.05, 0) is 37.6 Å². The van der Waals surface area contributed by atoms with Gasteiger partial charge in [0.15, 0.2) is 0 Å². The highest BCUT2D eigenvalue weighted by Gasteiger charge is 2.15. The predicted octanol–water partition coefficient (Wildman–Crippen LogP) is 3.10. The average Bonchev–Trinajstić information content (AvgIpc) is 2.47. The maximum Gasteiger partial charge on any atom is 0.258 e. The number of hydrogen-bond donors (Lipinski definition) is 1. The van der Waals surface area contributed by atoms with E-state index in [0.717, 1.165) is 23.6 Å². The van der Waals surface area contributed by atoms with E-state index in [9.17, 15) is 4.79 Å². The number of carbonyl (C=O) groups is 1. The summed E-state index contributed by atoms with van der Waals surface area (Å²) in [5.74, 6) is 0.786. The number of carbonyl (C=O) groups excluding carboxylic acids is 1. The molecule has 0 spiro atoms. The van der Waals surface area contributed by atoms with Crippen LogP contribution in [0, 0.1) is 6.92 Å². The summed E-state index contributed by atoms with van der Waals surface area (Å²) < 4.78 is 0. The summed E-state index contributed by atoms with van der Waals surface area (Å²) >= 11 is 0. The van der Waals surface area contributed by atoms with Crippen LogP contribution in [0.1, 0.15) is 22.8 Å². The van der Waals surface area contributed by atoms with Crippen molar-refractivity contribution in [2.45, 2.75) is 13.8 Å². The van der Waals surface area contributed by atoms with E-state index in [2.05, 4.69) is 10.3 Å². The van der Waals surface area contributed by atoms with Crippen molar-refractivity contribution in [2.24, 2.45) is 0 Å². The summed E-state index contributed by atoms with van der Waals surface area (Å²) in [6, 6.07) is 11.4. The Bertz CT molecular complexity index is 593. The van der Waals surface area contributed by atoms with Crippen LogP contribution in [-0.2, 0) is 0 Å². The van der Waals surface area contributed by atoms with E-state index >= 15 is 0 Å². The van der Waals surface area contributed by atoms with Crippen molar-refractivity contribution < 1.29 is 4.79 Å².